The summed E-state index contributed by atoms with van der Waals surface area (Å²) in [5.74, 6) is 1.53. The summed E-state index contributed by atoms with van der Waals surface area (Å²) in [6.45, 7) is 2.49. The van der Waals surface area contributed by atoms with Gasteiger partial charge in [-0.15, -0.1) is 5.10 Å². The number of furan rings is 1. The molecule has 1 N–H and O–H groups in total. The molecule has 0 aliphatic carbocycles. The first kappa shape index (κ1) is 19.7. The van der Waals surface area contributed by atoms with Crippen molar-refractivity contribution in [1.82, 2.24) is 15.2 Å². The fraction of sp³-hybridized carbons (Fsp3) is 0.167. The standard InChI is InChI=1S/C24H20N4O4/c1-2-13-30-24-26-23-21(27-28-24)17-5-3-4-6-18(17)25-22(32-23)20-12-11-19(31-20)16-9-7-15(14-29)8-10-16/h3-12,14,22,25H,2,13H2,1H3. The molecule has 2 aromatic carbocycles. The molecule has 8 heteroatoms. The lowest BCUT2D eigenvalue weighted by Crippen LogP contribution is -2.16. The lowest BCUT2D eigenvalue weighted by molar-refractivity contribution is 0.112. The summed E-state index contributed by atoms with van der Waals surface area (Å²) in [5.41, 5.74) is 3.63. The van der Waals surface area contributed by atoms with Crippen molar-refractivity contribution >= 4 is 12.0 Å². The number of carbonyl (C=O) groups excluding carboxylic acids is 1. The first-order valence-electron chi connectivity index (χ1n) is 10.3. The van der Waals surface area contributed by atoms with Gasteiger partial charge >= 0.3 is 6.01 Å². The van der Waals surface area contributed by atoms with Crippen LogP contribution in [0.2, 0.25) is 0 Å². The highest BCUT2D eigenvalue weighted by atomic mass is 16.5. The average Bonchev–Trinajstić information content (AvgIpc) is 3.27. The van der Waals surface area contributed by atoms with Crippen molar-refractivity contribution in [1.29, 1.82) is 0 Å². The molecule has 1 aliphatic heterocycles. The second-order valence-corrected chi connectivity index (χ2v) is 7.23. The zero-order valence-corrected chi connectivity index (χ0v) is 17.3. The maximum absolute atomic E-state index is 10.9. The zero-order valence-electron chi connectivity index (χ0n) is 17.3. The smallest absolute Gasteiger partial charge is 0.339 e. The van der Waals surface area contributed by atoms with E-state index < -0.39 is 6.23 Å². The molecule has 1 atom stereocenters. The van der Waals surface area contributed by atoms with Crippen LogP contribution >= 0.6 is 0 Å². The number of nitrogens with zero attached hydrogens (tertiary/aromatic N) is 3. The third-order valence-electron chi connectivity index (χ3n) is 4.99. The van der Waals surface area contributed by atoms with E-state index in [2.05, 4.69) is 20.5 Å². The van der Waals surface area contributed by atoms with E-state index in [4.69, 9.17) is 13.9 Å². The summed E-state index contributed by atoms with van der Waals surface area (Å²) in [6, 6.07) is 18.8. The molecule has 5 rings (SSSR count). The van der Waals surface area contributed by atoms with Crippen molar-refractivity contribution in [2.24, 2.45) is 0 Å². The molecule has 32 heavy (non-hydrogen) atoms. The molecular weight excluding hydrogens is 408 g/mol. The zero-order chi connectivity index (χ0) is 21.9. The highest BCUT2D eigenvalue weighted by Gasteiger charge is 2.28. The number of carbonyl (C=O) groups is 1. The molecule has 0 saturated carbocycles. The van der Waals surface area contributed by atoms with E-state index in [1.165, 1.54) is 0 Å². The van der Waals surface area contributed by atoms with E-state index in [0.29, 0.717) is 35.3 Å². The number of rotatable bonds is 6. The summed E-state index contributed by atoms with van der Waals surface area (Å²) >= 11 is 0. The van der Waals surface area contributed by atoms with Gasteiger partial charge in [0, 0.05) is 22.4 Å². The highest BCUT2D eigenvalue weighted by Crippen LogP contribution is 2.40. The molecule has 1 aliphatic rings. The number of benzene rings is 2. The monoisotopic (exact) mass is 428 g/mol. The number of aromatic nitrogens is 3. The molecule has 2 aromatic heterocycles. The molecule has 3 heterocycles. The first-order valence-corrected chi connectivity index (χ1v) is 10.3. The normalized spacial score (nSPS) is 14.3. The van der Waals surface area contributed by atoms with Gasteiger partial charge in [-0.3, -0.25) is 4.79 Å². The Hall–Kier alpha value is -4.20. The van der Waals surface area contributed by atoms with Crippen LogP contribution in [-0.4, -0.2) is 28.1 Å². The van der Waals surface area contributed by atoms with E-state index in [1.807, 2.05) is 55.5 Å². The highest BCUT2D eigenvalue weighted by molar-refractivity contribution is 5.79. The summed E-state index contributed by atoms with van der Waals surface area (Å²) < 4.78 is 17.8. The van der Waals surface area contributed by atoms with E-state index in [-0.39, 0.29) is 6.01 Å². The van der Waals surface area contributed by atoms with Crippen molar-refractivity contribution in [3.05, 3.63) is 72.0 Å². The van der Waals surface area contributed by atoms with Gasteiger partial charge in [-0.1, -0.05) is 54.5 Å². The van der Waals surface area contributed by atoms with Crippen LogP contribution < -0.4 is 14.8 Å². The van der Waals surface area contributed by atoms with Gasteiger partial charge in [-0.2, -0.15) is 4.98 Å². The maximum Gasteiger partial charge on any atom is 0.339 e. The van der Waals surface area contributed by atoms with Gasteiger partial charge in [0.2, 0.25) is 12.1 Å². The van der Waals surface area contributed by atoms with E-state index >= 15 is 0 Å². The summed E-state index contributed by atoms with van der Waals surface area (Å²) in [6.07, 6.45) is 0.998. The Labute approximate surface area is 184 Å². The molecule has 0 bridgehead atoms. The quantitative estimate of drug-likeness (QED) is 0.433. The van der Waals surface area contributed by atoms with Crippen LogP contribution in [0.15, 0.2) is 65.1 Å². The van der Waals surface area contributed by atoms with E-state index in [0.717, 1.165) is 29.5 Å². The number of hydrogen-bond acceptors (Lipinski definition) is 8. The van der Waals surface area contributed by atoms with Gasteiger partial charge in [0.25, 0.3) is 0 Å². The van der Waals surface area contributed by atoms with Crippen molar-refractivity contribution in [2.75, 3.05) is 11.9 Å². The molecule has 0 amide bonds. The number of aldehydes is 1. The lowest BCUT2D eigenvalue weighted by Gasteiger charge is -2.16. The Bertz CT molecular complexity index is 1250. The molecular formula is C24H20N4O4. The molecule has 0 radical (unpaired) electrons. The largest absolute Gasteiger partial charge is 0.462 e. The van der Waals surface area contributed by atoms with Crippen molar-refractivity contribution in [3.63, 3.8) is 0 Å². The van der Waals surface area contributed by atoms with Gasteiger partial charge in [-0.25, -0.2) is 0 Å². The number of para-hydroxylation sites is 1. The minimum atomic E-state index is -0.642. The fourth-order valence-corrected chi connectivity index (χ4v) is 3.41. The number of fused-ring (bicyclic) bond motifs is 3. The van der Waals surface area contributed by atoms with Crippen LogP contribution in [0, 0.1) is 0 Å². The maximum atomic E-state index is 10.9. The van der Waals surface area contributed by atoms with Crippen LogP contribution in [0.25, 0.3) is 22.6 Å². The molecule has 0 fully saturated rings. The number of ether oxygens (including phenoxy) is 2. The van der Waals surface area contributed by atoms with Crippen LogP contribution in [0.5, 0.6) is 11.9 Å². The van der Waals surface area contributed by atoms with Gasteiger partial charge in [0.1, 0.15) is 12.0 Å². The Morgan fingerprint density at radius 2 is 1.91 bits per heavy atom. The predicted molar refractivity (Wildman–Crippen MR) is 118 cm³/mol. The van der Waals surface area contributed by atoms with Crippen molar-refractivity contribution in [3.8, 4) is 34.5 Å². The molecule has 0 saturated heterocycles. The minimum absolute atomic E-state index is 0.166. The fourth-order valence-electron chi connectivity index (χ4n) is 3.41. The van der Waals surface area contributed by atoms with Crippen LogP contribution in [0.4, 0.5) is 5.69 Å². The molecule has 0 spiro atoms. The minimum Gasteiger partial charge on any atom is -0.462 e. The Morgan fingerprint density at radius 3 is 2.72 bits per heavy atom. The molecule has 8 nitrogen and oxygen atoms in total. The second-order valence-electron chi connectivity index (χ2n) is 7.23. The predicted octanol–water partition coefficient (Wildman–Crippen LogP) is 4.90. The summed E-state index contributed by atoms with van der Waals surface area (Å²) in [5, 5.41) is 11.8. The van der Waals surface area contributed by atoms with E-state index in [1.54, 1.807) is 12.1 Å². The van der Waals surface area contributed by atoms with Gasteiger partial charge in [0.05, 0.1) is 6.61 Å². The Balaban J connectivity index is 1.50. The topological polar surface area (TPSA) is 99.4 Å². The van der Waals surface area contributed by atoms with Gasteiger partial charge in [-0.05, 0) is 24.6 Å². The van der Waals surface area contributed by atoms with Gasteiger partial charge < -0.3 is 19.2 Å². The van der Waals surface area contributed by atoms with Crippen LogP contribution in [0.3, 0.4) is 0 Å². The molecule has 1 unspecified atom stereocenters. The number of hydrogen-bond donors (Lipinski definition) is 1. The lowest BCUT2D eigenvalue weighted by atomic mass is 10.1. The third kappa shape index (κ3) is 3.78. The second kappa shape index (κ2) is 8.50. The van der Waals surface area contributed by atoms with Crippen molar-refractivity contribution < 1.29 is 18.7 Å². The molecule has 160 valence electrons. The Kier molecular flexibility index (Phi) is 5.25. The first-order chi connectivity index (χ1) is 15.7. The molecule has 4 aromatic rings. The van der Waals surface area contributed by atoms with Crippen LogP contribution in [-0.2, 0) is 0 Å². The van der Waals surface area contributed by atoms with Gasteiger partial charge in [0.15, 0.2) is 11.5 Å². The van der Waals surface area contributed by atoms with Crippen molar-refractivity contribution in [2.45, 2.75) is 19.6 Å². The average molecular weight is 428 g/mol. The van der Waals surface area contributed by atoms with E-state index in [9.17, 15) is 4.79 Å². The van der Waals surface area contributed by atoms with Crippen LogP contribution in [0.1, 0.15) is 35.7 Å². The number of anilines is 1. The Morgan fingerprint density at radius 1 is 1.06 bits per heavy atom. The summed E-state index contributed by atoms with van der Waals surface area (Å²) in [7, 11) is 0. The summed E-state index contributed by atoms with van der Waals surface area (Å²) in [4.78, 5) is 15.3. The SMILES string of the molecule is CCCOc1nnc2c(n1)OC(c1ccc(-c3ccc(C=O)cc3)o1)Nc1ccccc1-2. The third-order valence-corrected chi connectivity index (χ3v) is 4.99. The number of nitrogens with one attached hydrogen (secondary N) is 1.